The van der Waals surface area contributed by atoms with Gasteiger partial charge in [0.25, 0.3) is 5.91 Å². The second-order valence-corrected chi connectivity index (χ2v) is 9.74. The maximum absolute atomic E-state index is 12.3. The molecule has 0 aliphatic carbocycles. The third-order valence-corrected chi connectivity index (χ3v) is 5.78. The molecule has 0 radical (unpaired) electrons. The van der Waals surface area contributed by atoms with Crippen molar-refractivity contribution in [3.63, 3.8) is 0 Å². The van der Waals surface area contributed by atoms with E-state index in [0.29, 0.717) is 35.6 Å². The van der Waals surface area contributed by atoms with E-state index in [1.807, 2.05) is 13.8 Å². The molecule has 1 atom stereocenters. The lowest BCUT2D eigenvalue weighted by Gasteiger charge is -2.19. The SMILES string of the molecule is CC(C)CC(Nc1cc2c(c(Nc3cccc(S(C)(=O)=O)c3)n1)C(=O)NC2)C(N)=O. The summed E-state index contributed by atoms with van der Waals surface area (Å²) in [6.07, 6.45) is 1.66. The van der Waals surface area contributed by atoms with Gasteiger partial charge in [-0.3, -0.25) is 9.59 Å². The first-order valence-electron chi connectivity index (χ1n) is 9.49. The number of hydrogen-bond donors (Lipinski definition) is 4. The highest BCUT2D eigenvalue weighted by molar-refractivity contribution is 7.90. The zero-order valence-electron chi connectivity index (χ0n) is 17.0. The van der Waals surface area contributed by atoms with Gasteiger partial charge in [0, 0.05) is 18.5 Å². The molecule has 10 heteroatoms. The molecule has 0 saturated carbocycles. The number of aromatic nitrogens is 1. The topological polar surface area (TPSA) is 143 Å². The van der Waals surface area contributed by atoms with Crippen LogP contribution in [0.2, 0.25) is 0 Å². The fourth-order valence-corrected chi connectivity index (χ4v) is 3.92. The second kappa shape index (κ2) is 8.31. The van der Waals surface area contributed by atoms with Crippen LogP contribution >= 0.6 is 0 Å². The molecule has 9 nitrogen and oxygen atoms in total. The minimum atomic E-state index is -3.39. The number of nitrogens with zero attached hydrogens (tertiary/aromatic N) is 1. The van der Waals surface area contributed by atoms with Gasteiger partial charge in [-0.1, -0.05) is 19.9 Å². The number of amides is 2. The molecular formula is C20H25N5O4S. The Morgan fingerprint density at radius 3 is 2.67 bits per heavy atom. The Kier molecular flexibility index (Phi) is 5.97. The fraction of sp³-hybridized carbons (Fsp3) is 0.350. The number of nitrogens with two attached hydrogens (primary N) is 1. The molecule has 2 heterocycles. The van der Waals surface area contributed by atoms with Crippen molar-refractivity contribution < 1.29 is 18.0 Å². The Morgan fingerprint density at radius 1 is 1.30 bits per heavy atom. The van der Waals surface area contributed by atoms with E-state index in [0.717, 1.165) is 6.26 Å². The summed E-state index contributed by atoms with van der Waals surface area (Å²) in [7, 11) is -3.39. The highest BCUT2D eigenvalue weighted by Crippen LogP contribution is 2.29. The normalized spacial score (nSPS) is 14.2. The lowest BCUT2D eigenvalue weighted by atomic mass is 10.0. The van der Waals surface area contributed by atoms with Gasteiger partial charge in [0.1, 0.15) is 17.7 Å². The molecule has 1 aromatic heterocycles. The van der Waals surface area contributed by atoms with Crippen LogP contribution in [0.3, 0.4) is 0 Å². The zero-order chi connectivity index (χ0) is 22.1. The van der Waals surface area contributed by atoms with Crippen LogP contribution in [-0.4, -0.2) is 37.5 Å². The number of fused-ring (bicyclic) bond motifs is 1. The van der Waals surface area contributed by atoms with Crippen molar-refractivity contribution in [2.45, 2.75) is 37.8 Å². The third-order valence-electron chi connectivity index (χ3n) is 4.67. The summed E-state index contributed by atoms with van der Waals surface area (Å²) in [6, 6.07) is 7.35. The molecule has 1 aliphatic heterocycles. The van der Waals surface area contributed by atoms with Crippen LogP contribution in [-0.2, 0) is 21.2 Å². The van der Waals surface area contributed by atoms with E-state index in [2.05, 4.69) is 20.9 Å². The summed E-state index contributed by atoms with van der Waals surface area (Å²) >= 11 is 0. The van der Waals surface area contributed by atoms with Crippen LogP contribution in [0.4, 0.5) is 17.3 Å². The van der Waals surface area contributed by atoms with E-state index >= 15 is 0 Å². The first kappa shape index (κ1) is 21.6. The average Bonchev–Trinajstić information content (AvgIpc) is 3.01. The molecule has 2 aromatic rings. The van der Waals surface area contributed by atoms with E-state index < -0.39 is 21.8 Å². The van der Waals surface area contributed by atoms with Crippen molar-refractivity contribution >= 4 is 39.0 Å². The van der Waals surface area contributed by atoms with E-state index in [1.165, 1.54) is 12.1 Å². The van der Waals surface area contributed by atoms with Gasteiger partial charge in [-0.05, 0) is 42.2 Å². The van der Waals surface area contributed by atoms with Gasteiger partial charge in [-0.15, -0.1) is 0 Å². The zero-order valence-corrected chi connectivity index (χ0v) is 17.8. The van der Waals surface area contributed by atoms with Crippen LogP contribution in [0.5, 0.6) is 0 Å². The number of rotatable bonds is 8. The van der Waals surface area contributed by atoms with Crippen LogP contribution in [0.1, 0.15) is 36.2 Å². The summed E-state index contributed by atoms with van der Waals surface area (Å²) < 4.78 is 23.7. The maximum atomic E-state index is 12.3. The molecule has 3 rings (SSSR count). The Bertz CT molecular complexity index is 1100. The van der Waals surface area contributed by atoms with Gasteiger partial charge in [0.2, 0.25) is 5.91 Å². The number of primary amides is 1. The lowest BCUT2D eigenvalue weighted by molar-refractivity contribution is -0.119. The van der Waals surface area contributed by atoms with Crippen molar-refractivity contribution in [1.29, 1.82) is 0 Å². The number of nitrogens with one attached hydrogen (secondary N) is 3. The summed E-state index contributed by atoms with van der Waals surface area (Å²) in [5, 5.41) is 8.84. The number of carbonyl (C=O) groups excluding carboxylic acids is 2. The van der Waals surface area contributed by atoms with Crippen molar-refractivity contribution in [2.75, 3.05) is 16.9 Å². The molecule has 0 spiro atoms. The van der Waals surface area contributed by atoms with Crippen molar-refractivity contribution in [2.24, 2.45) is 11.7 Å². The van der Waals surface area contributed by atoms with Crippen molar-refractivity contribution in [3.05, 3.63) is 41.5 Å². The van der Waals surface area contributed by atoms with Gasteiger partial charge in [0.15, 0.2) is 9.84 Å². The molecule has 160 valence electrons. The molecule has 1 unspecified atom stereocenters. The van der Waals surface area contributed by atoms with E-state index in [4.69, 9.17) is 5.73 Å². The quantitative estimate of drug-likeness (QED) is 0.499. The van der Waals surface area contributed by atoms with Crippen molar-refractivity contribution in [1.82, 2.24) is 10.3 Å². The smallest absolute Gasteiger partial charge is 0.255 e. The van der Waals surface area contributed by atoms with Crippen molar-refractivity contribution in [3.8, 4) is 0 Å². The van der Waals surface area contributed by atoms with Gasteiger partial charge >= 0.3 is 0 Å². The number of anilines is 3. The Balaban J connectivity index is 1.98. The van der Waals surface area contributed by atoms with Crippen LogP contribution in [0, 0.1) is 5.92 Å². The molecule has 1 aromatic carbocycles. The minimum Gasteiger partial charge on any atom is -0.368 e. The highest BCUT2D eigenvalue weighted by atomic mass is 32.2. The molecule has 0 bridgehead atoms. The molecule has 0 saturated heterocycles. The fourth-order valence-electron chi connectivity index (χ4n) is 3.26. The van der Waals surface area contributed by atoms with E-state index in [1.54, 1.807) is 18.2 Å². The van der Waals surface area contributed by atoms with Gasteiger partial charge in [-0.2, -0.15) is 0 Å². The van der Waals surface area contributed by atoms with Gasteiger partial charge in [0.05, 0.1) is 10.5 Å². The summed E-state index contributed by atoms with van der Waals surface area (Å²) in [4.78, 5) is 28.8. The number of benzene rings is 1. The highest BCUT2D eigenvalue weighted by Gasteiger charge is 2.26. The first-order chi connectivity index (χ1) is 14.0. The molecule has 5 N–H and O–H groups in total. The largest absolute Gasteiger partial charge is 0.368 e. The second-order valence-electron chi connectivity index (χ2n) is 7.73. The summed E-state index contributed by atoms with van der Waals surface area (Å²) in [5.41, 5.74) is 7.08. The Morgan fingerprint density at radius 2 is 2.03 bits per heavy atom. The molecule has 1 aliphatic rings. The number of sulfone groups is 1. The molecule has 2 amide bonds. The molecule has 30 heavy (non-hydrogen) atoms. The maximum Gasteiger partial charge on any atom is 0.255 e. The Labute approximate surface area is 175 Å². The molecule has 0 fully saturated rings. The summed E-state index contributed by atoms with van der Waals surface area (Å²) in [6.45, 7) is 4.30. The lowest BCUT2D eigenvalue weighted by Crippen LogP contribution is -2.36. The molecular weight excluding hydrogens is 406 g/mol. The summed E-state index contributed by atoms with van der Waals surface area (Å²) in [5.74, 6) is 0.138. The van der Waals surface area contributed by atoms with Crippen LogP contribution < -0.4 is 21.7 Å². The Hall–Kier alpha value is -3.14. The van der Waals surface area contributed by atoms with Gasteiger partial charge < -0.3 is 21.7 Å². The number of carbonyl (C=O) groups is 2. The number of pyridine rings is 1. The predicted molar refractivity (Wildman–Crippen MR) is 114 cm³/mol. The van der Waals surface area contributed by atoms with Crippen LogP contribution in [0.25, 0.3) is 0 Å². The van der Waals surface area contributed by atoms with Gasteiger partial charge in [-0.25, -0.2) is 13.4 Å². The van der Waals surface area contributed by atoms with Crippen LogP contribution in [0.15, 0.2) is 35.2 Å². The number of hydrogen-bond acceptors (Lipinski definition) is 7. The standard InChI is InChI=1S/C20H25N5O4S/c1-11(2)7-15(18(21)26)24-16-8-12-10-22-20(27)17(12)19(25-16)23-13-5-4-6-14(9-13)30(3,28)29/h4-6,8-9,11,15H,7,10H2,1-3H3,(H2,21,26)(H,22,27)(H2,23,24,25). The third kappa shape index (κ3) is 4.88. The van der Waals surface area contributed by atoms with E-state index in [9.17, 15) is 18.0 Å². The monoisotopic (exact) mass is 431 g/mol. The van der Waals surface area contributed by atoms with E-state index in [-0.39, 0.29) is 22.5 Å². The first-order valence-corrected chi connectivity index (χ1v) is 11.4. The average molecular weight is 432 g/mol. The minimum absolute atomic E-state index is 0.147. The predicted octanol–water partition coefficient (Wildman–Crippen LogP) is 1.78.